The second kappa shape index (κ2) is 7.52. The molecule has 1 N–H and O–H groups in total. The Morgan fingerprint density at radius 3 is 2.80 bits per heavy atom. The Bertz CT molecular complexity index is 876. The van der Waals surface area contributed by atoms with Crippen molar-refractivity contribution < 1.29 is 4.79 Å². The maximum atomic E-state index is 12.3. The molecule has 3 aromatic rings. The lowest BCUT2D eigenvalue weighted by molar-refractivity contribution is -0.117. The summed E-state index contributed by atoms with van der Waals surface area (Å²) in [7, 11) is 1.93. The molecule has 0 bridgehead atoms. The molecule has 0 saturated heterocycles. The molecule has 0 aliphatic carbocycles. The van der Waals surface area contributed by atoms with Crippen molar-refractivity contribution in [3.8, 4) is 0 Å². The fourth-order valence-electron chi connectivity index (χ4n) is 2.49. The number of halogens is 1. The lowest BCUT2D eigenvalue weighted by Gasteiger charge is -2.22. The monoisotopic (exact) mass is 373 g/mol. The van der Waals surface area contributed by atoms with Crippen molar-refractivity contribution in [3.63, 3.8) is 0 Å². The van der Waals surface area contributed by atoms with Crippen LogP contribution in [0.3, 0.4) is 0 Å². The highest BCUT2D eigenvalue weighted by Gasteiger charge is 2.18. The van der Waals surface area contributed by atoms with Gasteiger partial charge >= 0.3 is 0 Å². The molecule has 0 spiro atoms. The van der Waals surface area contributed by atoms with Crippen LogP contribution in [0.5, 0.6) is 0 Å². The van der Waals surface area contributed by atoms with E-state index in [0.29, 0.717) is 10.7 Å². The first-order valence-electron chi connectivity index (χ1n) is 8.06. The third-order valence-corrected chi connectivity index (χ3v) is 5.79. The second-order valence-corrected chi connectivity index (χ2v) is 7.59. The van der Waals surface area contributed by atoms with E-state index in [4.69, 9.17) is 11.6 Å². The number of thiazole rings is 1. The largest absolute Gasteiger partial charge is 0.325 e. The van der Waals surface area contributed by atoms with E-state index in [2.05, 4.69) is 23.3 Å². The Morgan fingerprint density at radius 2 is 2.08 bits per heavy atom. The number of aromatic nitrogens is 1. The average molecular weight is 374 g/mol. The summed E-state index contributed by atoms with van der Waals surface area (Å²) < 4.78 is 1.16. The Hall–Kier alpha value is -1.95. The topological polar surface area (TPSA) is 45.2 Å². The average Bonchev–Trinajstić information content (AvgIpc) is 3.01. The summed E-state index contributed by atoms with van der Waals surface area (Å²) in [5.41, 5.74) is 2.70. The van der Waals surface area contributed by atoms with Gasteiger partial charge in [-0.05, 0) is 50.7 Å². The van der Waals surface area contributed by atoms with Gasteiger partial charge in [0.05, 0.1) is 22.8 Å². The number of hydrogen-bond donors (Lipinski definition) is 1. The van der Waals surface area contributed by atoms with Crippen molar-refractivity contribution >= 4 is 44.7 Å². The molecule has 2 aromatic carbocycles. The predicted octanol–water partition coefficient (Wildman–Crippen LogP) is 4.89. The first-order chi connectivity index (χ1) is 11.9. The van der Waals surface area contributed by atoms with Crippen LogP contribution >= 0.6 is 22.9 Å². The summed E-state index contributed by atoms with van der Waals surface area (Å²) in [5.74, 6) is -0.0737. The number of carbonyl (C=O) groups excluding carboxylic acids is 1. The van der Waals surface area contributed by atoms with Gasteiger partial charge in [0.2, 0.25) is 5.91 Å². The van der Waals surface area contributed by atoms with Gasteiger partial charge in [-0.3, -0.25) is 9.69 Å². The van der Waals surface area contributed by atoms with Gasteiger partial charge in [0.25, 0.3) is 0 Å². The van der Waals surface area contributed by atoms with Crippen LogP contribution in [0.15, 0.2) is 42.5 Å². The van der Waals surface area contributed by atoms with E-state index in [1.54, 1.807) is 17.4 Å². The zero-order valence-electron chi connectivity index (χ0n) is 14.4. The summed E-state index contributed by atoms with van der Waals surface area (Å²) >= 11 is 7.77. The molecule has 1 amide bonds. The van der Waals surface area contributed by atoms with E-state index in [-0.39, 0.29) is 18.5 Å². The number of carbonyl (C=O) groups is 1. The lowest BCUT2D eigenvalue weighted by atomic mass is 10.2. The van der Waals surface area contributed by atoms with E-state index >= 15 is 0 Å². The minimum absolute atomic E-state index is 0.0600. The van der Waals surface area contributed by atoms with Crippen molar-refractivity contribution in [3.05, 3.63) is 58.1 Å². The molecule has 0 radical (unpaired) electrons. The third kappa shape index (κ3) is 4.18. The molecule has 1 aromatic heterocycles. The van der Waals surface area contributed by atoms with Crippen LogP contribution in [0.1, 0.15) is 23.5 Å². The molecule has 0 aliphatic heterocycles. The molecule has 6 heteroatoms. The number of nitrogens with one attached hydrogen (secondary N) is 1. The molecule has 130 valence electrons. The van der Waals surface area contributed by atoms with E-state index in [1.165, 1.54) is 0 Å². The first kappa shape index (κ1) is 17.9. The van der Waals surface area contributed by atoms with Crippen LogP contribution in [-0.4, -0.2) is 29.4 Å². The molecule has 0 unspecified atom stereocenters. The smallest absolute Gasteiger partial charge is 0.238 e. The first-order valence-corrected chi connectivity index (χ1v) is 9.25. The fourth-order valence-corrected chi connectivity index (χ4v) is 3.76. The van der Waals surface area contributed by atoms with Crippen LogP contribution < -0.4 is 5.32 Å². The maximum absolute atomic E-state index is 12.3. The van der Waals surface area contributed by atoms with Gasteiger partial charge in [-0.25, -0.2) is 4.98 Å². The normalized spacial score (nSPS) is 12.5. The van der Waals surface area contributed by atoms with Crippen molar-refractivity contribution in [1.82, 2.24) is 9.88 Å². The number of likely N-dealkylation sites (N-methyl/N-ethyl adjacent to an activating group) is 1. The van der Waals surface area contributed by atoms with Gasteiger partial charge in [-0.15, -0.1) is 11.3 Å². The summed E-state index contributed by atoms with van der Waals surface area (Å²) in [4.78, 5) is 19.0. The summed E-state index contributed by atoms with van der Waals surface area (Å²) in [6.45, 7) is 4.28. The molecule has 0 saturated carbocycles. The molecule has 0 fully saturated rings. The van der Waals surface area contributed by atoms with Gasteiger partial charge in [-0.2, -0.15) is 0 Å². The number of fused-ring (bicyclic) bond motifs is 1. The summed E-state index contributed by atoms with van der Waals surface area (Å²) in [6, 6.07) is 13.7. The molecule has 0 aliphatic rings. The van der Waals surface area contributed by atoms with Crippen LogP contribution in [-0.2, 0) is 4.79 Å². The number of anilines is 1. The Morgan fingerprint density at radius 1 is 1.32 bits per heavy atom. The second-order valence-electron chi connectivity index (χ2n) is 6.12. The van der Waals surface area contributed by atoms with E-state index in [9.17, 15) is 4.79 Å². The molecule has 1 atom stereocenters. The van der Waals surface area contributed by atoms with Crippen molar-refractivity contribution in [1.29, 1.82) is 0 Å². The van der Waals surface area contributed by atoms with Crippen LogP contribution in [0, 0.1) is 6.92 Å². The molecular weight excluding hydrogens is 354 g/mol. The highest BCUT2D eigenvalue weighted by Crippen LogP contribution is 2.28. The number of nitrogens with zero attached hydrogens (tertiary/aromatic N) is 2. The zero-order chi connectivity index (χ0) is 18.0. The quantitative estimate of drug-likeness (QED) is 0.692. The number of amides is 1. The van der Waals surface area contributed by atoms with Gasteiger partial charge in [0, 0.05) is 10.7 Å². The Kier molecular flexibility index (Phi) is 5.37. The molecule has 25 heavy (non-hydrogen) atoms. The SMILES string of the molecule is Cc1ccc(NC(=O)CN(C)[C@@H](C)c2nc3ccccc3s2)cc1Cl. The van der Waals surface area contributed by atoms with E-state index in [1.807, 2.05) is 49.2 Å². The van der Waals surface area contributed by atoms with Gasteiger partial charge in [0.15, 0.2) is 0 Å². The highest BCUT2D eigenvalue weighted by molar-refractivity contribution is 7.18. The number of benzene rings is 2. The summed E-state index contributed by atoms with van der Waals surface area (Å²) in [6.07, 6.45) is 0. The zero-order valence-corrected chi connectivity index (χ0v) is 16.0. The van der Waals surface area contributed by atoms with Crippen molar-refractivity contribution in [2.75, 3.05) is 18.9 Å². The number of rotatable bonds is 5. The molecule has 4 nitrogen and oxygen atoms in total. The fraction of sp³-hybridized carbons (Fsp3) is 0.263. The third-order valence-electron chi connectivity index (χ3n) is 4.18. The maximum Gasteiger partial charge on any atom is 0.238 e. The predicted molar refractivity (Wildman–Crippen MR) is 105 cm³/mol. The molecular formula is C19H20ClN3OS. The minimum Gasteiger partial charge on any atom is -0.325 e. The highest BCUT2D eigenvalue weighted by atomic mass is 35.5. The van der Waals surface area contributed by atoms with Gasteiger partial charge in [-0.1, -0.05) is 29.8 Å². The van der Waals surface area contributed by atoms with Crippen LogP contribution in [0.4, 0.5) is 5.69 Å². The Labute approximate surface area is 156 Å². The number of hydrogen-bond acceptors (Lipinski definition) is 4. The molecule has 3 rings (SSSR count). The number of aryl methyl sites for hydroxylation is 1. The number of para-hydroxylation sites is 1. The van der Waals surface area contributed by atoms with E-state index < -0.39 is 0 Å². The van der Waals surface area contributed by atoms with Crippen LogP contribution in [0.25, 0.3) is 10.2 Å². The molecule has 1 heterocycles. The summed E-state index contributed by atoms with van der Waals surface area (Å²) in [5, 5.41) is 4.55. The Balaban J connectivity index is 1.64. The van der Waals surface area contributed by atoms with Gasteiger partial charge in [0.1, 0.15) is 5.01 Å². The van der Waals surface area contributed by atoms with E-state index in [0.717, 1.165) is 20.8 Å². The minimum atomic E-state index is -0.0737. The van der Waals surface area contributed by atoms with Crippen molar-refractivity contribution in [2.24, 2.45) is 0 Å². The standard InChI is InChI=1S/C19H20ClN3OS/c1-12-8-9-14(10-15(12)20)21-18(24)11-23(3)13(2)19-22-16-6-4-5-7-17(16)25-19/h4-10,13H,11H2,1-3H3,(H,21,24)/t13-/m0/s1. The van der Waals surface area contributed by atoms with Crippen LogP contribution in [0.2, 0.25) is 5.02 Å². The lowest BCUT2D eigenvalue weighted by Crippen LogP contribution is -2.32. The van der Waals surface area contributed by atoms with Crippen molar-refractivity contribution in [2.45, 2.75) is 19.9 Å². The van der Waals surface area contributed by atoms with Gasteiger partial charge < -0.3 is 5.32 Å².